The highest BCUT2D eigenvalue weighted by Crippen LogP contribution is 2.51. The van der Waals surface area contributed by atoms with E-state index in [0.29, 0.717) is 17.1 Å². The molecule has 0 fully saturated rings. The third kappa shape index (κ3) is 4.03. The molecule has 27 heavy (non-hydrogen) atoms. The lowest BCUT2D eigenvalue weighted by molar-refractivity contribution is 0.0910. The van der Waals surface area contributed by atoms with Crippen molar-refractivity contribution in [1.82, 2.24) is 10.3 Å². The van der Waals surface area contributed by atoms with Gasteiger partial charge in [0, 0.05) is 17.3 Å². The molecule has 0 bridgehead atoms. The molecule has 0 unspecified atom stereocenters. The third-order valence-corrected chi connectivity index (χ3v) is 5.21. The van der Waals surface area contributed by atoms with Gasteiger partial charge in [0.1, 0.15) is 11.4 Å². The first-order valence-corrected chi connectivity index (χ1v) is 9.28. The number of ether oxygens (including phenoxy) is 2. The molecule has 1 aromatic rings. The van der Waals surface area contributed by atoms with E-state index in [4.69, 9.17) is 21.1 Å². The maximum atomic E-state index is 12.6. The molecule has 0 atom stereocenters. The molecule has 2 heterocycles. The van der Waals surface area contributed by atoms with Gasteiger partial charge in [-0.15, -0.1) is 0 Å². The normalized spacial score (nSPS) is 18.3. The number of hydrogen-bond donors (Lipinski definition) is 1. The van der Waals surface area contributed by atoms with Gasteiger partial charge in [-0.2, -0.15) is 0 Å². The highest BCUT2D eigenvalue weighted by molar-refractivity contribution is 6.29. The number of carbonyl (C=O) groups excluding carboxylic acids is 1. The van der Waals surface area contributed by atoms with Gasteiger partial charge >= 0.3 is 0 Å². The molecular formula is C21H25ClN2O3. The molecule has 1 amide bonds. The van der Waals surface area contributed by atoms with Crippen LogP contribution >= 0.6 is 11.6 Å². The van der Waals surface area contributed by atoms with E-state index >= 15 is 0 Å². The van der Waals surface area contributed by atoms with E-state index in [1.54, 1.807) is 31.8 Å². The van der Waals surface area contributed by atoms with Gasteiger partial charge in [0.05, 0.1) is 18.9 Å². The molecule has 0 spiro atoms. The van der Waals surface area contributed by atoms with Gasteiger partial charge in [0.25, 0.3) is 5.91 Å². The Bertz CT molecular complexity index is 849. The van der Waals surface area contributed by atoms with E-state index in [2.05, 4.69) is 24.1 Å². The van der Waals surface area contributed by atoms with Crippen LogP contribution in [0.2, 0.25) is 5.15 Å². The number of rotatable bonds is 5. The maximum Gasteiger partial charge on any atom is 0.253 e. The number of methoxy groups -OCH3 is 1. The van der Waals surface area contributed by atoms with Crippen molar-refractivity contribution in [3.63, 3.8) is 0 Å². The molecule has 3 rings (SSSR count). The molecule has 0 saturated heterocycles. The first kappa shape index (κ1) is 19.5. The zero-order chi connectivity index (χ0) is 19.8. The summed E-state index contributed by atoms with van der Waals surface area (Å²) >= 11 is 5.80. The van der Waals surface area contributed by atoms with Crippen LogP contribution in [0.5, 0.6) is 0 Å². The monoisotopic (exact) mass is 388 g/mol. The minimum atomic E-state index is -0.455. The fraction of sp³-hybridized carbons (Fsp3) is 0.429. The molecule has 1 aromatic heterocycles. The molecule has 1 aliphatic carbocycles. The standard InChI is InChI=1S/C21H25ClN2O3/c1-20(2)8-14-11-27-12-16(26-5)18(14)15(20)9-21(3,4)24-19(25)13-6-7-17(22)23-10-13/h6-7,10-12H,8-9H2,1-5H3,(H,24,25). The Morgan fingerprint density at radius 3 is 2.74 bits per heavy atom. The van der Waals surface area contributed by atoms with Crippen LogP contribution in [0.4, 0.5) is 0 Å². The van der Waals surface area contributed by atoms with Crippen LogP contribution in [0.1, 0.15) is 50.9 Å². The number of nitrogens with one attached hydrogen (secondary N) is 1. The van der Waals surface area contributed by atoms with E-state index in [9.17, 15) is 4.79 Å². The molecule has 144 valence electrons. The van der Waals surface area contributed by atoms with E-state index in [0.717, 1.165) is 23.3 Å². The van der Waals surface area contributed by atoms with E-state index in [1.165, 1.54) is 11.8 Å². The smallest absolute Gasteiger partial charge is 0.253 e. The van der Waals surface area contributed by atoms with Gasteiger partial charge in [-0.05, 0) is 49.8 Å². The highest BCUT2D eigenvalue weighted by Gasteiger charge is 2.41. The lowest BCUT2D eigenvalue weighted by atomic mass is 9.78. The Kier molecular flexibility index (Phi) is 5.08. The Hall–Kier alpha value is -2.27. The molecular weight excluding hydrogens is 364 g/mol. The molecule has 0 radical (unpaired) electrons. The molecule has 0 saturated carbocycles. The van der Waals surface area contributed by atoms with Gasteiger partial charge in [-0.1, -0.05) is 31.0 Å². The van der Waals surface area contributed by atoms with Crippen molar-refractivity contribution in [3.05, 3.63) is 64.0 Å². The maximum absolute atomic E-state index is 12.6. The predicted molar refractivity (Wildman–Crippen MR) is 105 cm³/mol. The van der Waals surface area contributed by atoms with Gasteiger partial charge in [-0.25, -0.2) is 4.98 Å². The summed E-state index contributed by atoms with van der Waals surface area (Å²) in [5.41, 5.74) is 3.48. The Labute approximate surface area is 165 Å². The van der Waals surface area contributed by atoms with E-state index in [-0.39, 0.29) is 11.3 Å². The van der Waals surface area contributed by atoms with Crippen LogP contribution in [0.3, 0.4) is 0 Å². The van der Waals surface area contributed by atoms with Gasteiger partial charge in [-0.3, -0.25) is 4.79 Å². The number of fused-ring (bicyclic) bond motifs is 1. The average Bonchev–Trinajstić information content (AvgIpc) is 2.84. The van der Waals surface area contributed by atoms with Crippen molar-refractivity contribution in [1.29, 1.82) is 0 Å². The summed E-state index contributed by atoms with van der Waals surface area (Å²) in [4.78, 5) is 16.6. The number of amides is 1. The van der Waals surface area contributed by atoms with E-state index in [1.807, 2.05) is 13.8 Å². The first-order chi connectivity index (χ1) is 12.6. The molecule has 1 aliphatic heterocycles. The van der Waals surface area contributed by atoms with Gasteiger partial charge in [0.15, 0.2) is 5.76 Å². The second kappa shape index (κ2) is 7.04. The third-order valence-electron chi connectivity index (χ3n) is 4.98. The van der Waals surface area contributed by atoms with Crippen molar-refractivity contribution in [2.75, 3.05) is 7.11 Å². The van der Waals surface area contributed by atoms with Crippen LogP contribution in [0.15, 0.2) is 53.3 Å². The number of hydrogen-bond acceptors (Lipinski definition) is 4. The summed E-state index contributed by atoms with van der Waals surface area (Å²) in [6.07, 6.45) is 6.48. The average molecular weight is 389 g/mol. The summed E-state index contributed by atoms with van der Waals surface area (Å²) in [6, 6.07) is 3.29. The minimum Gasteiger partial charge on any atom is -0.493 e. The Morgan fingerprint density at radius 2 is 2.11 bits per heavy atom. The lowest BCUT2D eigenvalue weighted by Crippen LogP contribution is -2.44. The van der Waals surface area contributed by atoms with Crippen molar-refractivity contribution in [3.8, 4) is 0 Å². The second-order valence-electron chi connectivity index (χ2n) is 8.26. The number of nitrogens with zero attached hydrogens (tertiary/aromatic N) is 1. The van der Waals surface area contributed by atoms with Crippen molar-refractivity contribution in [2.24, 2.45) is 5.41 Å². The molecule has 6 heteroatoms. The number of pyridine rings is 1. The van der Waals surface area contributed by atoms with Gasteiger partial charge in [0.2, 0.25) is 0 Å². The fourth-order valence-electron chi connectivity index (χ4n) is 3.70. The molecule has 1 N–H and O–H groups in total. The Balaban J connectivity index is 1.86. The quantitative estimate of drug-likeness (QED) is 0.738. The van der Waals surface area contributed by atoms with Crippen LogP contribution < -0.4 is 5.32 Å². The van der Waals surface area contributed by atoms with Crippen molar-refractivity contribution in [2.45, 2.75) is 46.1 Å². The number of aromatic nitrogens is 1. The van der Waals surface area contributed by atoms with Crippen LogP contribution in [-0.2, 0) is 9.47 Å². The molecule has 5 nitrogen and oxygen atoms in total. The molecule has 2 aliphatic rings. The van der Waals surface area contributed by atoms with Crippen LogP contribution in [-0.4, -0.2) is 23.5 Å². The summed E-state index contributed by atoms with van der Waals surface area (Å²) < 4.78 is 11.0. The topological polar surface area (TPSA) is 60.5 Å². The van der Waals surface area contributed by atoms with Crippen molar-refractivity contribution >= 4 is 17.5 Å². The summed E-state index contributed by atoms with van der Waals surface area (Å²) in [6.45, 7) is 8.47. The summed E-state index contributed by atoms with van der Waals surface area (Å²) in [5.74, 6) is 0.563. The SMILES string of the molecule is COC1=COC=C2CC(C)(C)C(CC(C)(C)NC(=O)c3ccc(Cl)nc3)=C21. The summed E-state index contributed by atoms with van der Waals surface area (Å²) in [7, 11) is 1.65. The molecule has 0 aromatic carbocycles. The van der Waals surface area contributed by atoms with Crippen molar-refractivity contribution < 1.29 is 14.3 Å². The second-order valence-corrected chi connectivity index (χ2v) is 8.65. The highest BCUT2D eigenvalue weighted by atomic mass is 35.5. The minimum absolute atomic E-state index is 0.0453. The number of allylic oxidation sites excluding steroid dienone is 1. The number of halogens is 1. The van der Waals surface area contributed by atoms with Crippen LogP contribution in [0.25, 0.3) is 0 Å². The van der Waals surface area contributed by atoms with Crippen LogP contribution in [0, 0.1) is 5.41 Å². The lowest BCUT2D eigenvalue weighted by Gasteiger charge is -2.32. The fourth-order valence-corrected chi connectivity index (χ4v) is 3.81. The number of carbonyl (C=O) groups is 1. The van der Waals surface area contributed by atoms with E-state index < -0.39 is 5.54 Å². The summed E-state index contributed by atoms with van der Waals surface area (Å²) in [5, 5.41) is 3.48. The predicted octanol–water partition coefficient (Wildman–Crippen LogP) is 4.76. The van der Waals surface area contributed by atoms with Gasteiger partial charge < -0.3 is 14.8 Å². The zero-order valence-corrected chi connectivity index (χ0v) is 17.1. The zero-order valence-electron chi connectivity index (χ0n) is 16.4. The Morgan fingerprint density at radius 1 is 1.37 bits per heavy atom. The first-order valence-electron chi connectivity index (χ1n) is 8.90. The largest absolute Gasteiger partial charge is 0.493 e.